The number of nitrogens with zero attached hydrogens (tertiary/aromatic N) is 1. The summed E-state index contributed by atoms with van der Waals surface area (Å²) in [5.41, 5.74) is 0.0687. The number of aromatic nitrogens is 1. The van der Waals surface area contributed by atoms with Crippen molar-refractivity contribution in [2.24, 2.45) is 0 Å². The first-order valence-electron chi connectivity index (χ1n) is 6.58. The molecule has 1 aromatic rings. The maximum atomic E-state index is 12.1. The summed E-state index contributed by atoms with van der Waals surface area (Å²) < 4.78 is 6.73. The molecule has 0 spiro atoms. The Morgan fingerprint density at radius 2 is 2.00 bits per heavy atom. The summed E-state index contributed by atoms with van der Waals surface area (Å²) in [7, 11) is -1.40. The van der Waals surface area contributed by atoms with Crippen molar-refractivity contribution in [3.63, 3.8) is 0 Å². The molecule has 1 rings (SSSR count). The molecule has 108 valence electrons. The van der Waals surface area contributed by atoms with Gasteiger partial charge in [-0.05, 0) is 38.9 Å². The number of ether oxygens (including phenoxy) is 1. The summed E-state index contributed by atoms with van der Waals surface area (Å²) in [4.78, 5) is 12.1. The first kappa shape index (κ1) is 16.0. The van der Waals surface area contributed by atoms with Crippen LogP contribution in [0.1, 0.15) is 32.6 Å². The van der Waals surface area contributed by atoms with Crippen LogP contribution in [0.4, 0.5) is 4.79 Å². The van der Waals surface area contributed by atoms with E-state index in [1.165, 1.54) is 4.57 Å². The quantitative estimate of drug-likeness (QED) is 0.862. The van der Waals surface area contributed by atoms with Crippen molar-refractivity contribution in [2.45, 2.75) is 58.2 Å². The van der Waals surface area contributed by atoms with E-state index in [2.05, 4.69) is 19.6 Å². The van der Waals surface area contributed by atoms with Gasteiger partial charge in [-0.25, -0.2) is 4.79 Å². The first-order chi connectivity index (χ1) is 8.49. The number of rotatable bonds is 3. The van der Waals surface area contributed by atoms with E-state index in [4.69, 9.17) is 4.74 Å². The van der Waals surface area contributed by atoms with Crippen LogP contribution in [0.3, 0.4) is 0 Å². The predicted octanol–water partition coefficient (Wildman–Crippen LogP) is 3.64. The van der Waals surface area contributed by atoms with Gasteiger partial charge in [0.15, 0.2) is 0 Å². The fourth-order valence-corrected chi connectivity index (χ4v) is 3.20. The van der Waals surface area contributed by atoms with Crippen LogP contribution in [0.25, 0.3) is 0 Å². The van der Waals surface area contributed by atoms with Crippen LogP contribution in [0.5, 0.6) is 0 Å². The van der Waals surface area contributed by atoms with Gasteiger partial charge in [0, 0.05) is 14.3 Å². The third kappa shape index (κ3) is 5.20. The van der Waals surface area contributed by atoms with Crippen molar-refractivity contribution in [3.8, 4) is 0 Å². The molecular formula is C14H25NO3Si. The molecule has 0 saturated carbocycles. The maximum Gasteiger partial charge on any atom is 0.418 e. The lowest BCUT2D eigenvalue weighted by Crippen LogP contribution is -2.29. The predicted molar refractivity (Wildman–Crippen MR) is 79.2 cm³/mol. The minimum Gasteiger partial charge on any atom is -0.443 e. The Balaban J connectivity index is 2.89. The molecule has 0 aliphatic heterocycles. The minimum atomic E-state index is -1.40. The Morgan fingerprint density at radius 3 is 2.47 bits per heavy atom. The minimum absolute atomic E-state index is 0.442. The Bertz CT molecular complexity index is 440. The molecule has 5 heteroatoms. The van der Waals surface area contributed by atoms with Crippen LogP contribution in [-0.2, 0) is 4.74 Å². The third-order valence-electron chi connectivity index (χ3n) is 2.52. The molecule has 0 aromatic carbocycles. The first-order valence-corrected chi connectivity index (χ1v) is 10.3. The van der Waals surface area contributed by atoms with E-state index in [1.54, 1.807) is 18.3 Å². The molecule has 0 bridgehead atoms. The van der Waals surface area contributed by atoms with Crippen LogP contribution in [0, 0.1) is 0 Å². The van der Waals surface area contributed by atoms with Gasteiger partial charge < -0.3 is 9.84 Å². The molecule has 0 saturated heterocycles. The van der Waals surface area contributed by atoms with Gasteiger partial charge in [-0.15, -0.1) is 0 Å². The molecule has 4 nitrogen and oxygen atoms in total. The number of carbonyl (C=O) groups is 1. The number of hydrogen-bond acceptors (Lipinski definition) is 3. The standard InChI is InChI=1S/C14H25NO3Si/c1-14(2,3)18-13(17)15-9-7-8-11(15)12(16)10-19(4,5)6/h7-9,12,16H,10H2,1-6H3. The smallest absolute Gasteiger partial charge is 0.418 e. The van der Waals surface area contributed by atoms with Crippen LogP contribution < -0.4 is 0 Å². The molecule has 1 atom stereocenters. The van der Waals surface area contributed by atoms with Gasteiger partial charge in [0.2, 0.25) is 0 Å². The van der Waals surface area contributed by atoms with E-state index in [-0.39, 0.29) is 0 Å². The van der Waals surface area contributed by atoms with Crippen LogP contribution >= 0.6 is 0 Å². The molecular weight excluding hydrogens is 258 g/mol. The van der Waals surface area contributed by atoms with Crippen molar-refractivity contribution < 1.29 is 14.6 Å². The molecule has 0 aliphatic rings. The molecule has 1 aromatic heterocycles. The van der Waals surface area contributed by atoms with Gasteiger partial charge >= 0.3 is 6.09 Å². The lowest BCUT2D eigenvalue weighted by atomic mass is 10.2. The summed E-state index contributed by atoms with van der Waals surface area (Å²) >= 11 is 0. The molecule has 0 aliphatic carbocycles. The van der Waals surface area contributed by atoms with E-state index >= 15 is 0 Å². The maximum absolute atomic E-state index is 12.1. The van der Waals surface area contributed by atoms with E-state index < -0.39 is 25.9 Å². The number of hydrogen-bond donors (Lipinski definition) is 1. The zero-order valence-electron chi connectivity index (χ0n) is 12.7. The topological polar surface area (TPSA) is 51.5 Å². The number of aliphatic hydroxyl groups is 1. The Labute approximate surface area is 116 Å². The lowest BCUT2D eigenvalue weighted by molar-refractivity contribution is 0.0516. The molecule has 0 radical (unpaired) electrons. The van der Waals surface area contributed by atoms with E-state index in [9.17, 15) is 9.90 Å². The van der Waals surface area contributed by atoms with Crippen molar-refractivity contribution >= 4 is 14.2 Å². The Hall–Kier alpha value is -1.07. The van der Waals surface area contributed by atoms with Crippen molar-refractivity contribution in [1.29, 1.82) is 0 Å². The fourth-order valence-electron chi connectivity index (χ4n) is 1.83. The van der Waals surface area contributed by atoms with Crippen molar-refractivity contribution in [3.05, 3.63) is 24.0 Å². The Morgan fingerprint density at radius 1 is 1.42 bits per heavy atom. The van der Waals surface area contributed by atoms with Gasteiger partial charge in [0.25, 0.3) is 0 Å². The largest absolute Gasteiger partial charge is 0.443 e. The van der Waals surface area contributed by atoms with Gasteiger partial charge in [0.05, 0.1) is 11.8 Å². The van der Waals surface area contributed by atoms with E-state index in [0.717, 1.165) is 6.04 Å². The summed E-state index contributed by atoms with van der Waals surface area (Å²) in [5, 5.41) is 10.3. The van der Waals surface area contributed by atoms with Gasteiger partial charge in [-0.3, -0.25) is 4.57 Å². The highest BCUT2D eigenvalue weighted by atomic mass is 28.3. The van der Waals surface area contributed by atoms with Crippen LogP contribution in [0.15, 0.2) is 18.3 Å². The average molecular weight is 283 g/mol. The summed E-state index contributed by atoms with van der Waals surface area (Å²) in [6, 6.07) is 4.25. The summed E-state index contributed by atoms with van der Waals surface area (Å²) in [5.74, 6) is 0. The summed E-state index contributed by atoms with van der Waals surface area (Å²) in [6.07, 6.45) is 0.577. The molecule has 1 N–H and O–H groups in total. The SMILES string of the molecule is CC(C)(C)OC(=O)n1cccc1C(O)C[Si](C)(C)C. The van der Waals surface area contributed by atoms with Crippen LogP contribution in [0.2, 0.25) is 25.7 Å². The zero-order chi connectivity index (χ0) is 14.8. The highest BCUT2D eigenvalue weighted by molar-refractivity contribution is 6.76. The normalized spacial score (nSPS) is 14.3. The van der Waals surface area contributed by atoms with Crippen molar-refractivity contribution in [1.82, 2.24) is 4.57 Å². The molecule has 19 heavy (non-hydrogen) atoms. The monoisotopic (exact) mass is 283 g/mol. The Kier molecular flexibility index (Phi) is 4.63. The van der Waals surface area contributed by atoms with E-state index in [0.29, 0.717) is 5.69 Å². The second-order valence-electron chi connectivity index (χ2n) is 7.06. The second kappa shape index (κ2) is 5.51. The fraction of sp³-hybridized carbons (Fsp3) is 0.643. The number of aliphatic hydroxyl groups excluding tert-OH is 1. The van der Waals surface area contributed by atoms with Crippen molar-refractivity contribution in [2.75, 3.05) is 0 Å². The lowest BCUT2D eigenvalue weighted by Gasteiger charge is -2.23. The highest BCUT2D eigenvalue weighted by Crippen LogP contribution is 2.25. The second-order valence-corrected chi connectivity index (χ2v) is 12.6. The molecule has 1 heterocycles. The molecule has 0 fully saturated rings. The molecule has 0 amide bonds. The molecule has 1 unspecified atom stereocenters. The number of carbonyl (C=O) groups excluding carboxylic acids is 1. The van der Waals surface area contributed by atoms with Crippen LogP contribution in [-0.4, -0.2) is 29.4 Å². The highest BCUT2D eigenvalue weighted by Gasteiger charge is 2.25. The summed E-state index contributed by atoms with van der Waals surface area (Å²) in [6.45, 7) is 12.1. The van der Waals surface area contributed by atoms with Gasteiger partial charge in [0.1, 0.15) is 5.60 Å². The van der Waals surface area contributed by atoms with Gasteiger partial charge in [-0.2, -0.15) is 0 Å². The van der Waals surface area contributed by atoms with Gasteiger partial charge in [-0.1, -0.05) is 19.6 Å². The zero-order valence-corrected chi connectivity index (χ0v) is 13.7. The third-order valence-corrected chi connectivity index (χ3v) is 4.13. The van der Waals surface area contributed by atoms with E-state index in [1.807, 2.05) is 20.8 Å². The average Bonchev–Trinajstić information content (AvgIpc) is 2.59.